The standard InChI is InChI=1S/C21H23ClN4O2S/c1-14-11-15(2)13-26(12-14)21-20(23-18-5-3-4-6-19(18)24-21)25-29(27,28)17-9-7-16(22)8-10-17/h3-10,14-15H,11-13H2,1-2H3,(H,23,25). The van der Waals surface area contributed by atoms with E-state index in [2.05, 4.69) is 28.5 Å². The van der Waals surface area contributed by atoms with E-state index in [0.29, 0.717) is 28.2 Å². The summed E-state index contributed by atoms with van der Waals surface area (Å²) in [5.74, 6) is 1.81. The van der Waals surface area contributed by atoms with E-state index in [1.54, 1.807) is 12.1 Å². The molecular formula is C21H23ClN4O2S. The Hall–Kier alpha value is -2.38. The molecule has 0 aliphatic carbocycles. The quantitative estimate of drug-likeness (QED) is 0.656. The molecule has 0 spiro atoms. The van der Waals surface area contributed by atoms with Crippen LogP contribution in [0.2, 0.25) is 5.02 Å². The molecule has 1 aliphatic heterocycles. The molecule has 3 aromatic rings. The van der Waals surface area contributed by atoms with Gasteiger partial charge in [-0.15, -0.1) is 0 Å². The average molecular weight is 431 g/mol. The van der Waals surface area contributed by atoms with Crippen LogP contribution >= 0.6 is 11.6 Å². The van der Waals surface area contributed by atoms with Gasteiger partial charge in [-0.05, 0) is 54.7 Å². The SMILES string of the molecule is CC1CC(C)CN(c2nc3ccccc3nc2NS(=O)(=O)c2ccc(Cl)cc2)C1. The fourth-order valence-electron chi connectivity index (χ4n) is 3.92. The number of aromatic nitrogens is 2. The molecule has 2 unspecified atom stereocenters. The Morgan fingerprint density at radius 1 is 0.966 bits per heavy atom. The van der Waals surface area contributed by atoms with Crippen LogP contribution in [0.5, 0.6) is 0 Å². The summed E-state index contributed by atoms with van der Waals surface area (Å²) in [5.41, 5.74) is 1.38. The number of hydrogen-bond acceptors (Lipinski definition) is 5. The highest BCUT2D eigenvalue weighted by molar-refractivity contribution is 7.92. The molecule has 0 radical (unpaired) electrons. The lowest BCUT2D eigenvalue weighted by Crippen LogP contribution is -2.39. The number of piperidine rings is 1. The largest absolute Gasteiger partial charge is 0.353 e. The molecule has 0 amide bonds. The van der Waals surface area contributed by atoms with Crippen LogP contribution < -0.4 is 9.62 Å². The Morgan fingerprint density at radius 3 is 2.17 bits per heavy atom. The van der Waals surface area contributed by atoms with Crippen LogP contribution in [0.15, 0.2) is 53.4 Å². The first-order valence-electron chi connectivity index (χ1n) is 9.62. The molecule has 4 rings (SSSR count). The summed E-state index contributed by atoms with van der Waals surface area (Å²) in [6, 6.07) is 13.5. The number of hydrogen-bond donors (Lipinski definition) is 1. The minimum atomic E-state index is -3.82. The molecule has 2 atom stereocenters. The maximum atomic E-state index is 13.0. The summed E-state index contributed by atoms with van der Waals surface area (Å²) in [6.45, 7) is 6.03. The molecule has 1 fully saturated rings. The lowest BCUT2D eigenvalue weighted by atomic mass is 9.92. The van der Waals surface area contributed by atoms with E-state index in [-0.39, 0.29) is 10.7 Å². The van der Waals surface area contributed by atoms with Crippen molar-refractivity contribution in [2.45, 2.75) is 25.2 Å². The third-order valence-electron chi connectivity index (χ3n) is 5.08. The van der Waals surface area contributed by atoms with Crippen molar-refractivity contribution in [3.8, 4) is 0 Å². The van der Waals surface area contributed by atoms with E-state index in [4.69, 9.17) is 16.6 Å². The van der Waals surface area contributed by atoms with E-state index >= 15 is 0 Å². The monoisotopic (exact) mass is 430 g/mol. The van der Waals surface area contributed by atoms with E-state index in [1.165, 1.54) is 12.1 Å². The summed E-state index contributed by atoms with van der Waals surface area (Å²) >= 11 is 5.90. The van der Waals surface area contributed by atoms with Gasteiger partial charge in [0.25, 0.3) is 10.0 Å². The third kappa shape index (κ3) is 4.31. The number of benzene rings is 2. The maximum absolute atomic E-state index is 13.0. The zero-order valence-electron chi connectivity index (χ0n) is 16.3. The van der Waals surface area contributed by atoms with Gasteiger partial charge in [0.1, 0.15) is 0 Å². The van der Waals surface area contributed by atoms with Gasteiger partial charge in [-0.1, -0.05) is 37.6 Å². The smallest absolute Gasteiger partial charge is 0.263 e. The number of sulfonamides is 1. The second-order valence-electron chi connectivity index (χ2n) is 7.79. The van der Waals surface area contributed by atoms with Crippen LogP contribution in [0.1, 0.15) is 20.3 Å². The number of rotatable bonds is 4. The minimum absolute atomic E-state index is 0.128. The predicted molar refractivity (Wildman–Crippen MR) is 117 cm³/mol. The highest BCUT2D eigenvalue weighted by Gasteiger charge is 2.27. The van der Waals surface area contributed by atoms with Crippen molar-refractivity contribution in [3.05, 3.63) is 53.6 Å². The Bertz CT molecular complexity index is 1130. The number of nitrogens with zero attached hydrogens (tertiary/aromatic N) is 3. The van der Waals surface area contributed by atoms with Gasteiger partial charge in [0.15, 0.2) is 11.6 Å². The molecule has 6 nitrogen and oxygen atoms in total. The summed E-state index contributed by atoms with van der Waals surface area (Å²) < 4.78 is 28.6. The second kappa shape index (κ2) is 7.80. The number of nitrogens with one attached hydrogen (secondary N) is 1. The molecule has 0 bridgehead atoms. The van der Waals surface area contributed by atoms with Crippen molar-refractivity contribution in [1.82, 2.24) is 9.97 Å². The number of fused-ring (bicyclic) bond motifs is 1. The first-order chi connectivity index (χ1) is 13.8. The Morgan fingerprint density at radius 2 is 1.55 bits per heavy atom. The topological polar surface area (TPSA) is 75.2 Å². The minimum Gasteiger partial charge on any atom is -0.353 e. The molecule has 1 aliphatic rings. The number of anilines is 2. The zero-order chi connectivity index (χ0) is 20.6. The van der Waals surface area contributed by atoms with E-state index in [1.807, 2.05) is 24.3 Å². The van der Waals surface area contributed by atoms with Gasteiger partial charge in [-0.3, -0.25) is 4.72 Å². The van der Waals surface area contributed by atoms with Gasteiger partial charge < -0.3 is 4.90 Å². The molecule has 29 heavy (non-hydrogen) atoms. The molecular weight excluding hydrogens is 408 g/mol. The van der Waals surface area contributed by atoms with Crippen LogP contribution in [-0.4, -0.2) is 31.5 Å². The predicted octanol–water partition coefficient (Wildman–Crippen LogP) is 4.57. The van der Waals surface area contributed by atoms with Gasteiger partial charge in [-0.2, -0.15) is 0 Å². The van der Waals surface area contributed by atoms with Crippen molar-refractivity contribution in [1.29, 1.82) is 0 Å². The first kappa shape index (κ1) is 19.9. The van der Waals surface area contributed by atoms with Crippen molar-refractivity contribution in [2.24, 2.45) is 11.8 Å². The van der Waals surface area contributed by atoms with E-state index in [9.17, 15) is 8.42 Å². The fraction of sp³-hybridized carbons (Fsp3) is 0.333. The average Bonchev–Trinajstić information content (AvgIpc) is 2.66. The number of para-hydroxylation sites is 2. The number of halogens is 1. The van der Waals surface area contributed by atoms with E-state index in [0.717, 1.165) is 25.0 Å². The van der Waals surface area contributed by atoms with Gasteiger partial charge in [0.2, 0.25) is 0 Å². The summed E-state index contributed by atoms with van der Waals surface area (Å²) in [7, 11) is -3.82. The highest BCUT2D eigenvalue weighted by Crippen LogP contribution is 2.32. The van der Waals surface area contributed by atoms with Crippen molar-refractivity contribution in [3.63, 3.8) is 0 Å². The van der Waals surface area contributed by atoms with Crippen LogP contribution in [0.3, 0.4) is 0 Å². The maximum Gasteiger partial charge on any atom is 0.263 e. The van der Waals surface area contributed by atoms with Crippen molar-refractivity contribution >= 4 is 44.3 Å². The summed E-state index contributed by atoms with van der Waals surface area (Å²) in [5, 5.41) is 0.478. The zero-order valence-corrected chi connectivity index (χ0v) is 17.9. The lowest BCUT2D eigenvalue weighted by Gasteiger charge is -2.36. The second-order valence-corrected chi connectivity index (χ2v) is 9.91. The van der Waals surface area contributed by atoms with Crippen LogP contribution in [0, 0.1) is 11.8 Å². The third-order valence-corrected chi connectivity index (χ3v) is 6.68. The van der Waals surface area contributed by atoms with Gasteiger partial charge in [0.05, 0.1) is 15.9 Å². The molecule has 2 heterocycles. The fourth-order valence-corrected chi connectivity index (χ4v) is 5.05. The van der Waals surface area contributed by atoms with E-state index < -0.39 is 10.0 Å². The van der Waals surface area contributed by atoms with Gasteiger partial charge in [-0.25, -0.2) is 18.4 Å². The first-order valence-corrected chi connectivity index (χ1v) is 11.5. The lowest BCUT2D eigenvalue weighted by molar-refractivity contribution is 0.355. The van der Waals surface area contributed by atoms with Crippen LogP contribution in [-0.2, 0) is 10.0 Å². The Labute approximate surface area is 176 Å². The molecule has 1 saturated heterocycles. The van der Waals surface area contributed by atoms with Gasteiger partial charge in [0, 0.05) is 18.1 Å². The Kier molecular flexibility index (Phi) is 5.36. The van der Waals surface area contributed by atoms with Crippen molar-refractivity contribution < 1.29 is 8.42 Å². The normalized spacial score (nSPS) is 20.0. The Balaban J connectivity index is 1.78. The summed E-state index contributed by atoms with van der Waals surface area (Å²) in [4.78, 5) is 11.6. The van der Waals surface area contributed by atoms with Crippen LogP contribution in [0.4, 0.5) is 11.6 Å². The molecule has 1 aromatic heterocycles. The molecule has 2 aromatic carbocycles. The molecule has 1 N–H and O–H groups in total. The van der Waals surface area contributed by atoms with Gasteiger partial charge >= 0.3 is 0 Å². The summed E-state index contributed by atoms with van der Waals surface area (Å²) in [6.07, 6.45) is 1.14. The molecule has 8 heteroatoms. The van der Waals surface area contributed by atoms with Crippen molar-refractivity contribution in [2.75, 3.05) is 22.7 Å². The molecule has 0 saturated carbocycles. The van der Waals surface area contributed by atoms with Crippen LogP contribution in [0.25, 0.3) is 11.0 Å². The highest BCUT2D eigenvalue weighted by atomic mass is 35.5. The molecule has 152 valence electrons.